The number of anilines is 1. The summed E-state index contributed by atoms with van der Waals surface area (Å²) in [6.07, 6.45) is 3.19. The van der Waals surface area contributed by atoms with Crippen molar-refractivity contribution in [2.45, 2.75) is 13.8 Å². The van der Waals surface area contributed by atoms with Gasteiger partial charge in [0.05, 0.1) is 15.7 Å². The molecule has 2 amide bonds. The standard InChI is InChI=1S/C20H20Cl2N2O2/c1-3-24(19(26)12-11-15-9-7-14(2)8-10-15)13-18(25)23-20-16(21)5-4-6-17(20)22/h4-12H,3,13H2,1-2H3,(H,23,25)/b12-11+. The number of carbonyl (C=O) groups excluding carboxylic acids is 2. The van der Waals surface area contributed by atoms with Crippen LogP contribution in [-0.4, -0.2) is 29.8 Å². The van der Waals surface area contributed by atoms with E-state index in [-0.39, 0.29) is 18.4 Å². The Morgan fingerprint density at radius 2 is 1.69 bits per heavy atom. The number of hydrogen-bond donors (Lipinski definition) is 1. The molecule has 2 aromatic rings. The first-order valence-corrected chi connectivity index (χ1v) is 8.93. The maximum atomic E-state index is 12.3. The fourth-order valence-corrected chi connectivity index (χ4v) is 2.76. The van der Waals surface area contributed by atoms with Crippen molar-refractivity contribution in [1.29, 1.82) is 0 Å². The van der Waals surface area contributed by atoms with E-state index in [1.807, 2.05) is 38.1 Å². The Hall–Kier alpha value is -2.30. The van der Waals surface area contributed by atoms with E-state index in [0.29, 0.717) is 22.3 Å². The largest absolute Gasteiger partial charge is 0.330 e. The Balaban J connectivity index is 2.00. The molecule has 136 valence electrons. The maximum Gasteiger partial charge on any atom is 0.247 e. The smallest absolute Gasteiger partial charge is 0.247 e. The maximum absolute atomic E-state index is 12.3. The molecule has 6 heteroatoms. The van der Waals surface area contributed by atoms with Gasteiger partial charge in [0.2, 0.25) is 11.8 Å². The summed E-state index contributed by atoms with van der Waals surface area (Å²) in [5.41, 5.74) is 2.42. The van der Waals surface area contributed by atoms with Gasteiger partial charge in [0.25, 0.3) is 0 Å². The molecule has 26 heavy (non-hydrogen) atoms. The topological polar surface area (TPSA) is 49.4 Å². The number of carbonyl (C=O) groups is 2. The first kappa shape index (κ1) is 20.0. The van der Waals surface area contributed by atoms with E-state index >= 15 is 0 Å². The van der Waals surface area contributed by atoms with Crippen molar-refractivity contribution >= 4 is 46.8 Å². The van der Waals surface area contributed by atoms with Crippen LogP contribution >= 0.6 is 23.2 Å². The Morgan fingerprint density at radius 1 is 1.08 bits per heavy atom. The van der Waals surface area contributed by atoms with Crippen molar-refractivity contribution in [2.24, 2.45) is 0 Å². The number of aryl methyl sites for hydroxylation is 1. The number of halogens is 2. The lowest BCUT2D eigenvalue weighted by Gasteiger charge is -2.19. The van der Waals surface area contributed by atoms with E-state index in [0.717, 1.165) is 11.1 Å². The molecule has 0 saturated heterocycles. The van der Waals surface area contributed by atoms with Crippen LogP contribution in [0.25, 0.3) is 6.08 Å². The van der Waals surface area contributed by atoms with Gasteiger partial charge in [0, 0.05) is 12.6 Å². The third-order valence-corrected chi connectivity index (χ3v) is 4.38. The second-order valence-corrected chi connectivity index (χ2v) is 6.56. The molecule has 2 aromatic carbocycles. The second-order valence-electron chi connectivity index (χ2n) is 5.74. The number of benzene rings is 2. The fourth-order valence-electron chi connectivity index (χ4n) is 2.27. The first-order chi connectivity index (χ1) is 12.4. The molecule has 4 nitrogen and oxygen atoms in total. The van der Waals surface area contributed by atoms with Crippen LogP contribution in [0.15, 0.2) is 48.5 Å². The summed E-state index contributed by atoms with van der Waals surface area (Å²) in [4.78, 5) is 26.0. The lowest BCUT2D eigenvalue weighted by molar-refractivity contribution is -0.130. The summed E-state index contributed by atoms with van der Waals surface area (Å²) >= 11 is 12.1. The highest BCUT2D eigenvalue weighted by molar-refractivity contribution is 6.39. The minimum absolute atomic E-state index is 0.0882. The molecule has 0 atom stereocenters. The number of rotatable bonds is 6. The van der Waals surface area contributed by atoms with E-state index in [2.05, 4.69) is 5.32 Å². The van der Waals surface area contributed by atoms with Gasteiger partial charge in [-0.3, -0.25) is 9.59 Å². The number of nitrogens with one attached hydrogen (secondary N) is 1. The molecule has 0 fully saturated rings. The molecule has 0 heterocycles. The molecule has 0 unspecified atom stereocenters. The van der Waals surface area contributed by atoms with Gasteiger partial charge in [0.1, 0.15) is 6.54 Å². The third-order valence-electron chi connectivity index (χ3n) is 3.75. The van der Waals surface area contributed by atoms with Gasteiger partial charge in [-0.15, -0.1) is 0 Å². The van der Waals surface area contributed by atoms with E-state index in [1.54, 1.807) is 24.3 Å². The fraction of sp³-hybridized carbons (Fsp3) is 0.200. The van der Waals surface area contributed by atoms with Gasteiger partial charge in [-0.1, -0.05) is 59.1 Å². The second kappa shape index (κ2) is 9.41. The zero-order valence-corrected chi connectivity index (χ0v) is 16.1. The van der Waals surface area contributed by atoms with Gasteiger partial charge in [-0.05, 0) is 37.6 Å². The van der Waals surface area contributed by atoms with Crippen molar-refractivity contribution in [3.05, 3.63) is 69.7 Å². The van der Waals surface area contributed by atoms with Gasteiger partial charge in [-0.25, -0.2) is 0 Å². The van der Waals surface area contributed by atoms with Gasteiger partial charge in [0.15, 0.2) is 0 Å². The van der Waals surface area contributed by atoms with Crippen molar-refractivity contribution in [3.8, 4) is 0 Å². The average Bonchev–Trinajstić information content (AvgIpc) is 2.62. The van der Waals surface area contributed by atoms with Gasteiger partial charge < -0.3 is 10.2 Å². The van der Waals surface area contributed by atoms with E-state index in [9.17, 15) is 9.59 Å². The van der Waals surface area contributed by atoms with Crippen LogP contribution in [0.1, 0.15) is 18.1 Å². The summed E-state index contributed by atoms with van der Waals surface area (Å²) in [6.45, 7) is 4.13. The molecule has 0 aromatic heterocycles. The number of nitrogens with zero attached hydrogens (tertiary/aromatic N) is 1. The predicted octanol–water partition coefficient (Wildman–Crippen LogP) is 4.80. The van der Waals surface area contributed by atoms with Crippen molar-refractivity contribution in [2.75, 3.05) is 18.4 Å². The quantitative estimate of drug-likeness (QED) is 0.719. The zero-order valence-electron chi connectivity index (χ0n) is 14.6. The highest BCUT2D eigenvalue weighted by Crippen LogP contribution is 2.29. The van der Waals surface area contributed by atoms with Crippen LogP contribution in [0.2, 0.25) is 10.0 Å². The van der Waals surface area contributed by atoms with Crippen molar-refractivity contribution < 1.29 is 9.59 Å². The molecule has 0 saturated carbocycles. The monoisotopic (exact) mass is 390 g/mol. The molecule has 0 spiro atoms. The van der Waals surface area contributed by atoms with Gasteiger partial charge >= 0.3 is 0 Å². The molecule has 0 radical (unpaired) electrons. The lowest BCUT2D eigenvalue weighted by atomic mass is 10.1. The normalized spacial score (nSPS) is 10.8. The molecule has 0 aliphatic heterocycles. The Morgan fingerprint density at radius 3 is 2.27 bits per heavy atom. The predicted molar refractivity (Wildman–Crippen MR) is 108 cm³/mol. The lowest BCUT2D eigenvalue weighted by Crippen LogP contribution is -2.37. The summed E-state index contributed by atoms with van der Waals surface area (Å²) < 4.78 is 0. The minimum Gasteiger partial charge on any atom is -0.330 e. The first-order valence-electron chi connectivity index (χ1n) is 8.18. The summed E-state index contributed by atoms with van der Waals surface area (Å²) in [5.74, 6) is -0.604. The molecular formula is C20H20Cl2N2O2. The summed E-state index contributed by atoms with van der Waals surface area (Å²) in [6, 6.07) is 12.8. The zero-order chi connectivity index (χ0) is 19.1. The third kappa shape index (κ3) is 5.61. The van der Waals surface area contributed by atoms with Crippen LogP contribution in [0.5, 0.6) is 0 Å². The van der Waals surface area contributed by atoms with Crippen LogP contribution in [0.3, 0.4) is 0 Å². The Kier molecular flexibility index (Phi) is 7.25. The molecular weight excluding hydrogens is 371 g/mol. The molecule has 2 rings (SSSR count). The summed E-state index contributed by atoms with van der Waals surface area (Å²) in [7, 11) is 0. The molecule has 0 bridgehead atoms. The van der Waals surface area contributed by atoms with E-state index in [4.69, 9.17) is 23.2 Å². The highest BCUT2D eigenvalue weighted by Gasteiger charge is 2.15. The molecule has 0 aliphatic carbocycles. The number of amides is 2. The average molecular weight is 391 g/mol. The highest BCUT2D eigenvalue weighted by atomic mass is 35.5. The van der Waals surface area contributed by atoms with Crippen LogP contribution in [0.4, 0.5) is 5.69 Å². The SMILES string of the molecule is CCN(CC(=O)Nc1c(Cl)cccc1Cl)C(=O)/C=C/c1ccc(C)cc1. The van der Waals surface area contributed by atoms with Crippen LogP contribution in [-0.2, 0) is 9.59 Å². The number of hydrogen-bond acceptors (Lipinski definition) is 2. The van der Waals surface area contributed by atoms with E-state index in [1.165, 1.54) is 11.0 Å². The van der Waals surface area contributed by atoms with Crippen LogP contribution < -0.4 is 5.32 Å². The minimum atomic E-state index is -0.362. The number of para-hydroxylation sites is 1. The number of likely N-dealkylation sites (N-methyl/N-ethyl adjacent to an activating group) is 1. The van der Waals surface area contributed by atoms with E-state index < -0.39 is 0 Å². The van der Waals surface area contributed by atoms with Crippen molar-refractivity contribution in [1.82, 2.24) is 4.90 Å². The van der Waals surface area contributed by atoms with Crippen LogP contribution in [0, 0.1) is 6.92 Å². The molecule has 0 aliphatic rings. The van der Waals surface area contributed by atoms with Crippen molar-refractivity contribution in [3.63, 3.8) is 0 Å². The Labute approximate surface area is 163 Å². The molecule has 1 N–H and O–H groups in total. The Bertz CT molecular complexity index is 797. The summed E-state index contributed by atoms with van der Waals surface area (Å²) in [5, 5.41) is 3.35. The van der Waals surface area contributed by atoms with Gasteiger partial charge in [-0.2, -0.15) is 0 Å².